The van der Waals surface area contributed by atoms with Crippen LogP contribution in [0.4, 0.5) is 0 Å². The summed E-state index contributed by atoms with van der Waals surface area (Å²) in [5, 5.41) is -0.602. The maximum absolute atomic E-state index is 6.02. The number of halogens is 4. The average Bonchev–Trinajstić information content (AvgIpc) is 2.05. The zero-order chi connectivity index (χ0) is 11.4. The molecule has 8 heteroatoms. The Kier molecular flexibility index (Phi) is 6.65. The topological polar surface area (TPSA) is 27.7 Å². The maximum atomic E-state index is 6.02. The Bertz CT molecular complexity index is 163. The van der Waals surface area contributed by atoms with E-state index >= 15 is 0 Å². The van der Waals surface area contributed by atoms with Gasteiger partial charge in [0, 0.05) is 27.8 Å². The van der Waals surface area contributed by atoms with E-state index in [2.05, 4.69) is 0 Å². The lowest BCUT2D eigenvalue weighted by molar-refractivity contribution is 0.120. The summed E-state index contributed by atoms with van der Waals surface area (Å²) < 4.78 is 13.9. The lowest BCUT2D eigenvalue weighted by Gasteiger charge is -2.30. The molecule has 1 unspecified atom stereocenters. The molecule has 14 heavy (non-hydrogen) atoms. The second kappa shape index (κ2) is 6.11. The first kappa shape index (κ1) is 15.3. The van der Waals surface area contributed by atoms with Gasteiger partial charge in [0.15, 0.2) is 3.79 Å². The normalized spacial score (nSPS) is 15.6. The van der Waals surface area contributed by atoms with Crippen molar-refractivity contribution in [2.75, 3.05) is 21.3 Å². The second-order valence-corrected chi connectivity index (χ2v) is 9.04. The highest BCUT2D eigenvalue weighted by atomic mass is 35.6. The van der Waals surface area contributed by atoms with E-state index in [9.17, 15) is 0 Å². The molecule has 0 aromatic heterocycles. The van der Waals surface area contributed by atoms with Crippen LogP contribution in [0.15, 0.2) is 0 Å². The highest BCUT2D eigenvalue weighted by molar-refractivity contribution is 6.73. The molecule has 0 bridgehead atoms. The molecule has 0 fully saturated rings. The predicted octanol–water partition coefficient (Wildman–Crippen LogP) is 2.77. The fraction of sp³-hybridized carbons (Fsp3) is 1.00. The molecule has 0 aliphatic carbocycles. The third-order valence-corrected chi connectivity index (χ3v) is 5.75. The van der Waals surface area contributed by atoms with Crippen LogP contribution in [0.2, 0.25) is 0 Å². The summed E-state index contributed by atoms with van der Waals surface area (Å²) >= 11 is 22.8. The van der Waals surface area contributed by atoms with Crippen LogP contribution in [-0.4, -0.2) is 38.9 Å². The van der Waals surface area contributed by atoms with Crippen molar-refractivity contribution in [2.45, 2.75) is 15.2 Å². The first-order valence-corrected chi connectivity index (χ1v) is 7.05. The molecule has 0 aromatic rings. The molecule has 0 saturated heterocycles. The smallest absolute Gasteiger partial charge is 0.376 e. The summed E-state index contributed by atoms with van der Waals surface area (Å²) in [6.45, 7) is 0. The Labute approximate surface area is 105 Å². The Morgan fingerprint density at radius 2 is 1.43 bits per heavy atom. The largest absolute Gasteiger partial charge is 0.519 e. The summed E-state index contributed by atoms with van der Waals surface area (Å²) in [5.74, 6) is 0. The maximum Gasteiger partial charge on any atom is 0.519 e. The van der Waals surface area contributed by atoms with E-state index in [0.717, 1.165) is 0 Å². The third kappa shape index (κ3) is 4.41. The van der Waals surface area contributed by atoms with Crippen LogP contribution in [0, 0.1) is 0 Å². The summed E-state index contributed by atoms with van der Waals surface area (Å²) in [6.07, 6.45) is 0.0982. The molecule has 0 saturated carbocycles. The third-order valence-electron chi connectivity index (χ3n) is 1.65. The van der Waals surface area contributed by atoms with E-state index in [4.69, 9.17) is 59.7 Å². The molecule has 0 aliphatic heterocycles. The summed E-state index contributed by atoms with van der Waals surface area (Å²) in [4.78, 5) is 0. The molecule has 0 amide bonds. The van der Waals surface area contributed by atoms with Gasteiger partial charge in [0.25, 0.3) is 0 Å². The molecule has 0 aromatic carbocycles. The molecule has 0 rings (SSSR count). The van der Waals surface area contributed by atoms with E-state index in [0.29, 0.717) is 0 Å². The van der Waals surface area contributed by atoms with Crippen molar-refractivity contribution in [3.8, 4) is 0 Å². The Morgan fingerprint density at radius 1 is 1.07 bits per heavy atom. The number of alkyl halides is 4. The number of hydrogen-bond donors (Lipinski definition) is 0. The van der Waals surface area contributed by atoms with Crippen molar-refractivity contribution in [1.29, 1.82) is 0 Å². The molecule has 0 aliphatic rings. The van der Waals surface area contributed by atoms with Crippen LogP contribution >= 0.6 is 46.4 Å². The summed E-state index contributed by atoms with van der Waals surface area (Å²) in [6, 6.07) is 0. The van der Waals surface area contributed by atoms with Crippen LogP contribution in [0.5, 0.6) is 0 Å². The highest BCUT2D eigenvalue weighted by Crippen LogP contribution is 2.36. The molecule has 3 nitrogen and oxygen atoms in total. The van der Waals surface area contributed by atoms with Gasteiger partial charge in [0.1, 0.15) is 5.00 Å². The predicted molar refractivity (Wildman–Crippen MR) is 61.3 cm³/mol. The van der Waals surface area contributed by atoms with E-state index in [1.165, 1.54) is 21.3 Å². The van der Waals surface area contributed by atoms with E-state index < -0.39 is 17.6 Å². The quantitative estimate of drug-likeness (QED) is 0.577. The molecule has 0 radical (unpaired) electrons. The Balaban J connectivity index is 4.52. The Hall–Kier alpha value is 1.26. The first-order valence-electron chi connectivity index (χ1n) is 3.67. The fourth-order valence-corrected chi connectivity index (χ4v) is 4.91. The highest BCUT2D eigenvalue weighted by Gasteiger charge is 2.49. The lowest BCUT2D eigenvalue weighted by atomic mass is 10.5. The van der Waals surface area contributed by atoms with Gasteiger partial charge < -0.3 is 13.3 Å². The zero-order valence-electron chi connectivity index (χ0n) is 8.02. The molecule has 86 valence electrons. The van der Waals surface area contributed by atoms with E-state index in [-0.39, 0.29) is 6.42 Å². The average molecular weight is 302 g/mol. The van der Waals surface area contributed by atoms with Crippen LogP contribution in [0.25, 0.3) is 0 Å². The van der Waals surface area contributed by atoms with Gasteiger partial charge >= 0.3 is 8.80 Å². The van der Waals surface area contributed by atoms with Gasteiger partial charge in [-0.25, -0.2) is 0 Å². The molecule has 1 atom stereocenters. The summed E-state index contributed by atoms with van der Waals surface area (Å²) in [7, 11) is 1.44. The van der Waals surface area contributed by atoms with Gasteiger partial charge in [0.2, 0.25) is 0 Å². The van der Waals surface area contributed by atoms with Crippen molar-refractivity contribution in [3.63, 3.8) is 0 Å². The van der Waals surface area contributed by atoms with Crippen molar-refractivity contribution >= 4 is 55.2 Å². The number of hydrogen-bond acceptors (Lipinski definition) is 3. The molecule has 0 heterocycles. The van der Waals surface area contributed by atoms with E-state index in [1.807, 2.05) is 0 Å². The minimum absolute atomic E-state index is 0.0982. The van der Waals surface area contributed by atoms with Gasteiger partial charge in [-0.05, 0) is 0 Å². The number of rotatable bonds is 5. The van der Waals surface area contributed by atoms with Gasteiger partial charge in [-0.15, -0.1) is 11.6 Å². The van der Waals surface area contributed by atoms with Gasteiger partial charge in [-0.1, -0.05) is 34.8 Å². The monoisotopic (exact) mass is 300 g/mol. The molecular weight excluding hydrogens is 290 g/mol. The molecule has 0 N–H and O–H groups in total. The zero-order valence-corrected chi connectivity index (χ0v) is 12.0. The van der Waals surface area contributed by atoms with Gasteiger partial charge in [0.05, 0.1) is 0 Å². The summed E-state index contributed by atoms with van der Waals surface area (Å²) in [5.41, 5.74) is 0. The van der Waals surface area contributed by atoms with Crippen molar-refractivity contribution in [1.82, 2.24) is 0 Å². The van der Waals surface area contributed by atoms with Gasteiger partial charge in [-0.3, -0.25) is 0 Å². The van der Waals surface area contributed by atoms with Crippen molar-refractivity contribution in [2.24, 2.45) is 0 Å². The van der Waals surface area contributed by atoms with Crippen LogP contribution in [0.1, 0.15) is 6.42 Å². The van der Waals surface area contributed by atoms with Crippen LogP contribution in [0.3, 0.4) is 0 Å². The minimum Gasteiger partial charge on any atom is -0.376 e. The standard InChI is InChI=1S/C6H12Cl4O3Si/c1-11-14(12-2,13-3)5(7)4-6(8,9)10/h5H,4H2,1-3H3. The molecular formula is C6H12Cl4O3Si. The molecule has 0 spiro atoms. The fourth-order valence-electron chi connectivity index (χ4n) is 0.962. The Morgan fingerprint density at radius 3 is 1.64 bits per heavy atom. The second-order valence-electron chi connectivity index (χ2n) is 2.50. The van der Waals surface area contributed by atoms with Crippen molar-refractivity contribution in [3.05, 3.63) is 0 Å². The van der Waals surface area contributed by atoms with Crippen LogP contribution in [-0.2, 0) is 13.3 Å². The SMILES string of the molecule is CO[Si](OC)(OC)C(Cl)CC(Cl)(Cl)Cl. The van der Waals surface area contributed by atoms with Crippen molar-refractivity contribution < 1.29 is 13.3 Å². The lowest BCUT2D eigenvalue weighted by Crippen LogP contribution is -2.53. The first-order chi connectivity index (χ1) is 6.31. The minimum atomic E-state index is -2.92. The van der Waals surface area contributed by atoms with Crippen LogP contribution < -0.4 is 0 Å². The van der Waals surface area contributed by atoms with E-state index in [1.54, 1.807) is 0 Å². The van der Waals surface area contributed by atoms with Gasteiger partial charge in [-0.2, -0.15) is 0 Å².